The van der Waals surface area contributed by atoms with E-state index in [4.69, 9.17) is 0 Å². The van der Waals surface area contributed by atoms with Crippen LogP contribution in [0.1, 0.15) is 55.4 Å². The van der Waals surface area contributed by atoms with Crippen molar-refractivity contribution in [1.82, 2.24) is 0 Å². The van der Waals surface area contributed by atoms with Gasteiger partial charge in [0.1, 0.15) is 0 Å². The zero-order valence-electron chi connectivity index (χ0n) is 14.5. The van der Waals surface area contributed by atoms with E-state index in [-0.39, 0.29) is 24.8 Å². The second-order valence-corrected chi connectivity index (χ2v) is 11.8. The van der Waals surface area contributed by atoms with E-state index in [9.17, 15) is 0 Å². The quantitative estimate of drug-likeness (QED) is 0.370. The van der Waals surface area contributed by atoms with Crippen molar-refractivity contribution in [3.05, 3.63) is 38.7 Å². The molecule has 0 spiro atoms. The van der Waals surface area contributed by atoms with Gasteiger partial charge in [-0.3, -0.25) is 0 Å². The SMILES string of the molecule is CC1=C(C)C(C)[C]([U][C]2=C(C)C(C)=C(C)C2C)=C1C.Cl.Cl. The zero-order valence-corrected chi connectivity index (χ0v) is 20.3. The Hall–Kier alpha value is 0.592. The minimum absolute atomic E-state index is 0. The fraction of sp³-hybridized carbons (Fsp3) is 0.556. The van der Waals surface area contributed by atoms with Gasteiger partial charge in [0.05, 0.1) is 0 Å². The molecule has 3 heteroatoms. The maximum Gasteiger partial charge on any atom is -0.147 e. The first-order valence-corrected chi connectivity index (χ1v) is 11.5. The molecule has 0 aromatic rings. The Bertz CT molecular complexity index is 512. The van der Waals surface area contributed by atoms with Gasteiger partial charge in [0.2, 0.25) is 0 Å². The van der Waals surface area contributed by atoms with Crippen molar-refractivity contribution in [3.63, 3.8) is 0 Å². The van der Waals surface area contributed by atoms with Crippen molar-refractivity contribution >= 4 is 24.8 Å². The second kappa shape index (κ2) is 7.92. The Kier molecular flexibility index (Phi) is 8.14. The van der Waals surface area contributed by atoms with Crippen molar-refractivity contribution < 1.29 is 27.7 Å². The summed E-state index contributed by atoms with van der Waals surface area (Å²) in [5.41, 5.74) is 9.65. The van der Waals surface area contributed by atoms with E-state index in [0.717, 1.165) is 11.8 Å². The number of allylic oxidation sites excluding steroid dienone is 8. The molecular formula is C18H28Cl2U. The van der Waals surface area contributed by atoms with Crippen molar-refractivity contribution in [2.75, 3.05) is 0 Å². The number of hydrogen-bond donors (Lipinski definition) is 0. The predicted octanol–water partition coefficient (Wildman–Crippen LogP) is 6.44. The first-order chi connectivity index (χ1) is 8.77. The van der Waals surface area contributed by atoms with Gasteiger partial charge < -0.3 is 0 Å². The summed E-state index contributed by atoms with van der Waals surface area (Å²) >= 11 is -1.01. The van der Waals surface area contributed by atoms with Crippen LogP contribution in [0.2, 0.25) is 0 Å². The Balaban J connectivity index is 0.00000200. The maximum absolute atomic E-state index is 2.42. The molecule has 2 atom stereocenters. The minimum Gasteiger partial charge on any atom is -0.147 e. The van der Waals surface area contributed by atoms with Crippen molar-refractivity contribution in [1.29, 1.82) is 0 Å². The predicted molar refractivity (Wildman–Crippen MR) is 95.0 cm³/mol. The standard InChI is InChI=1S/2C9H13.2ClH.U/c2*1-6-5-7(2)9(4)8(6)3;;;/h2*6H,1-4H3;2*1H;. The molecule has 21 heavy (non-hydrogen) atoms. The molecule has 0 N–H and O–H groups in total. The summed E-state index contributed by atoms with van der Waals surface area (Å²) in [6.07, 6.45) is 0. The molecule has 2 unspecified atom stereocenters. The topological polar surface area (TPSA) is 0 Å². The van der Waals surface area contributed by atoms with Gasteiger partial charge in [0.25, 0.3) is 0 Å². The number of hydrogen-bond acceptors (Lipinski definition) is 0. The van der Waals surface area contributed by atoms with Gasteiger partial charge in [-0.05, 0) is 0 Å². The summed E-state index contributed by atoms with van der Waals surface area (Å²) in [4.78, 5) is 0. The second-order valence-electron chi connectivity index (χ2n) is 6.26. The molecule has 0 radical (unpaired) electrons. The molecule has 0 aromatic carbocycles. The summed E-state index contributed by atoms with van der Waals surface area (Å²) in [5, 5.41) is 0. The van der Waals surface area contributed by atoms with E-state index < -0.39 is 27.7 Å². The fourth-order valence-electron chi connectivity index (χ4n) is 3.28. The molecule has 2 aliphatic rings. The van der Waals surface area contributed by atoms with Gasteiger partial charge in [0, 0.05) is 0 Å². The summed E-state index contributed by atoms with van der Waals surface area (Å²) in [7, 11) is 0. The van der Waals surface area contributed by atoms with E-state index in [1.165, 1.54) is 0 Å². The van der Waals surface area contributed by atoms with Gasteiger partial charge in [-0.1, -0.05) is 0 Å². The van der Waals surface area contributed by atoms with Crippen molar-refractivity contribution in [2.45, 2.75) is 55.4 Å². The smallest absolute Gasteiger partial charge is 0.147 e. The van der Waals surface area contributed by atoms with Crippen LogP contribution in [0.25, 0.3) is 0 Å². The van der Waals surface area contributed by atoms with Gasteiger partial charge in [-0.25, -0.2) is 0 Å². The van der Waals surface area contributed by atoms with E-state index >= 15 is 0 Å². The zero-order chi connectivity index (χ0) is 14.5. The van der Waals surface area contributed by atoms with E-state index in [1.54, 1.807) is 33.4 Å². The third kappa shape index (κ3) is 3.58. The molecule has 2 rings (SSSR count). The summed E-state index contributed by atoms with van der Waals surface area (Å²) < 4.78 is 3.72. The molecular weight excluding hydrogens is 525 g/mol. The van der Waals surface area contributed by atoms with Gasteiger partial charge in [0.15, 0.2) is 0 Å². The van der Waals surface area contributed by atoms with Crippen LogP contribution in [-0.4, -0.2) is 0 Å². The normalized spacial score (nSPS) is 25.3. The minimum atomic E-state index is -1.01. The number of halogens is 2. The molecule has 2 aliphatic carbocycles. The largest absolute Gasteiger partial charge is 0.147 e. The van der Waals surface area contributed by atoms with Crippen LogP contribution in [0, 0.1) is 39.6 Å². The fourth-order valence-corrected chi connectivity index (χ4v) is 11.2. The van der Waals surface area contributed by atoms with E-state index in [2.05, 4.69) is 55.4 Å². The molecule has 0 bridgehead atoms. The molecule has 0 saturated heterocycles. The molecule has 0 amide bonds. The van der Waals surface area contributed by atoms with Crippen LogP contribution in [0.3, 0.4) is 0 Å². The van der Waals surface area contributed by atoms with Crippen LogP contribution in [0.4, 0.5) is 0 Å². The molecule has 0 nitrogen and oxygen atoms in total. The van der Waals surface area contributed by atoms with Crippen LogP contribution in [-0.2, 0) is 0 Å². The van der Waals surface area contributed by atoms with Gasteiger partial charge >= 0.3 is 134 Å². The van der Waals surface area contributed by atoms with Gasteiger partial charge in [-0.15, -0.1) is 24.8 Å². The molecule has 118 valence electrons. The monoisotopic (exact) mass is 552 g/mol. The molecule has 0 fully saturated rings. The Morgan fingerprint density at radius 3 is 1.05 bits per heavy atom. The molecule has 0 aromatic heterocycles. The average Bonchev–Trinajstić information content (AvgIpc) is 2.68. The van der Waals surface area contributed by atoms with E-state index in [1.807, 2.05) is 5.21 Å². The van der Waals surface area contributed by atoms with Crippen molar-refractivity contribution in [2.24, 2.45) is 11.8 Å². The average molecular weight is 553 g/mol. The van der Waals surface area contributed by atoms with Crippen molar-refractivity contribution in [3.8, 4) is 0 Å². The molecule has 0 saturated carbocycles. The maximum atomic E-state index is 2.42. The van der Waals surface area contributed by atoms with Crippen LogP contribution >= 0.6 is 24.8 Å². The summed E-state index contributed by atoms with van der Waals surface area (Å²) in [6.45, 7) is 18.8. The first kappa shape index (κ1) is 21.6. The summed E-state index contributed by atoms with van der Waals surface area (Å²) in [6, 6.07) is 0. The Labute approximate surface area is 157 Å². The number of rotatable bonds is 2. The Morgan fingerprint density at radius 1 is 0.571 bits per heavy atom. The van der Waals surface area contributed by atoms with Crippen LogP contribution in [0.5, 0.6) is 0 Å². The Morgan fingerprint density at radius 2 is 0.857 bits per heavy atom. The molecule has 0 aliphatic heterocycles. The third-order valence-electron chi connectivity index (χ3n) is 5.55. The summed E-state index contributed by atoms with van der Waals surface area (Å²) in [5.74, 6) is 1.45. The van der Waals surface area contributed by atoms with Crippen LogP contribution < -0.4 is 0 Å². The van der Waals surface area contributed by atoms with E-state index in [0.29, 0.717) is 0 Å². The molecule has 0 heterocycles. The first-order valence-electron chi connectivity index (χ1n) is 7.31. The van der Waals surface area contributed by atoms with Crippen LogP contribution in [0.15, 0.2) is 38.7 Å². The third-order valence-corrected chi connectivity index (χ3v) is 14.5. The van der Waals surface area contributed by atoms with Gasteiger partial charge in [-0.2, -0.15) is 0 Å².